The first kappa shape index (κ1) is 14.2. The molecule has 1 aliphatic rings. The van der Waals surface area contributed by atoms with Gasteiger partial charge < -0.3 is 15.0 Å². The van der Waals surface area contributed by atoms with E-state index in [0.29, 0.717) is 18.4 Å². The van der Waals surface area contributed by atoms with Crippen molar-refractivity contribution < 1.29 is 4.74 Å². The van der Waals surface area contributed by atoms with Gasteiger partial charge in [-0.1, -0.05) is 0 Å². The Bertz CT molecular complexity index is 591. The first-order valence-corrected chi connectivity index (χ1v) is 7.02. The second-order valence-corrected chi connectivity index (χ2v) is 5.17. The minimum absolute atomic E-state index is 0.107. The Morgan fingerprint density at radius 2 is 2.33 bits per heavy atom. The molecule has 1 fully saturated rings. The molecule has 0 aromatic carbocycles. The number of morpholine rings is 1. The predicted molar refractivity (Wildman–Crippen MR) is 77.7 cm³/mol. The van der Waals surface area contributed by atoms with E-state index in [4.69, 9.17) is 16.3 Å². The van der Waals surface area contributed by atoms with E-state index in [1.807, 2.05) is 0 Å². The van der Waals surface area contributed by atoms with Crippen molar-refractivity contribution in [2.45, 2.75) is 6.10 Å². The first-order valence-electron chi connectivity index (χ1n) is 6.64. The van der Waals surface area contributed by atoms with Gasteiger partial charge in [0.05, 0.1) is 12.7 Å². The van der Waals surface area contributed by atoms with Crippen LogP contribution in [0.1, 0.15) is 0 Å². The van der Waals surface area contributed by atoms with Gasteiger partial charge in [0.1, 0.15) is 6.33 Å². The average Bonchev–Trinajstić information content (AvgIpc) is 2.99. The molecule has 0 amide bonds. The van der Waals surface area contributed by atoms with E-state index in [1.54, 1.807) is 23.3 Å². The molecule has 21 heavy (non-hydrogen) atoms. The monoisotopic (exact) mass is 309 g/mol. The molecule has 112 valence electrons. The second kappa shape index (κ2) is 6.33. The fourth-order valence-electron chi connectivity index (χ4n) is 2.11. The Kier molecular flexibility index (Phi) is 4.28. The van der Waals surface area contributed by atoms with Crippen LogP contribution >= 0.6 is 11.6 Å². The highest BCUT2D eigenvalue weighted by molar-refractivity contribution is 6.28. The van der Waals surface area contributed by atoms with Gasteiger partial charge in [-0.15, -0.1) is 0 Å². The number of hydrogen-bond donors (Lipinski definition) is 1. The smallest absolute Gasteiger partial charge is 0.241 e. The fraction of sp³-hybridized carbons (Fsp3) is 0.500. The van der Waals surface area contributed by atoms with Gasteiger partial charge >= 0.3 is 0 Å². The normalized spacial score (nSPS) is 19.6. The lowest BCUT2D eigenvalue weighted by molar-refractivity contribution is -0.0118. The largest absolute Gasteiger partial charge is 0.374 e. The molecule has 2 aromatic heterocycles. The summed E-state index contributed by atoms with van der Waals surface area (Å²) in [6.45, 7) is 3.19. The summed E-state index contributed by atoms with van der Waals surface area (Å²) in [6.07, 6.45) is 5.11. The van der Waals surface area contributed by atoms with E-state index in [-0.39, 0.29) is 11.4 Å². The van der Waals surface area contributed by atoms with Crippen molar-refractivity contribution >= 4 is 17.5 Å². The highest BCUT2D eigenvalue weighted by Crippen LogP contribution is 2.10. The van der Waals surface area contributed by atoms with Crippen LogP contribution in [0, 0.1) is 0 Å². The minimum Gasteiger partial charge on any atom is -0.374 e. The third-order valence-corrected chi connectivity index (χ3v) is 3.33. The molecule has 3 rings (SSSR count). The van der Waals surface area contributed by atoms with Gasteiger partial charge in [-0.05, 0) is 18.6 Å². The van der Waals surface area contributed by atoms with Crippen LogP contribution in [0.2, 0.25) is 5.28 Å². The number of nitrogens with one attached hydrogen (secondary N) is 1. The van der Waals surface area contributed by atoms with E-state index >= 15 is 0 Å². The molecule has 1 saturated heterocycles. The van der Waals surface area contributed by atoms with Crippen LogP contribution in [-0.2, 0) is 4.74 Å². The number of halogens is 1. The van der Waals surface area contributed by atoms with Gasteiger partial charge in [-0.3, -0.25) is 4.57 Å². The van der Waals surface area contributed by atoms with Gasteiger partial charge in [0.25, 0.3) is 0 Å². The van der Waals surface area contributed by atoms with Crippen molar-refractivity contribution in [3.8, 4) is 5.95 Å². The maximum absolute atomic E-state index is 5.94. The molecular formula is C12H16ClN7O. The van der Waals surface area contributed by atoms with Crippen LogP contribution in [0.25, 0.3) is 5.95 Å². The summed E-state index contributed by atoms with van der Waals surface area (Å²) >= 11 is 5.94. The third-order valence-electron chi connectivity index (χ3n) is 3.16. The lowest BCUT2D eigenvalue weighted by atomic mass is 10.3. The number of aromatic nitrogens is 5. The lowest BCUT2D eigenvalue weighted by Crippen LogP contribution is -2.43. The molecule has 0 aliphatic carbocycles. The minimum atomic E-state index is 0.107. The van der Waals surface area contributed by atoms with Crippen molar-refractivity contribution in [1.82, 2.24) is 29.4 Å². The molecule has 9 heteroatoms. The number of imidazole rings is 1. The molecule has 3 heterocycles. The Labute approximate surface area is 127 Å². The zero-order valence-corrected chi connectivity index (χ0v) is 12.4. The van der Waals surface area contributed by atoms with Gasteiger partial charge in [0.15, 0.2) is 0 Å². The molecule has 1 N–H and O–H groups in total. The number of likely N-dealkylation sites (N-methyl/N-ethyl adjacent to an activating group) is 1. The van der Waals surface area contributed by atoms with Gasteiger partial charge in [0.2, 0.25) is 17.2 Å². The van der Waals surface area contributed by atoms with E-state index in [2.05, 4.69) is 37.2 Å². The van der Waals surface area contributed by atoms with Crippen LogP contribution in [0.4, 0.5) is 5.95 Å². The molecule has 0 bridgehead atoms. The summed E-state index contributed by atoms with van der Waals surface area (Å²) < 4.78 is 7.35. The van der Waals surface area contributed by atoms with E-state index in [0.717, 1.165) is 19.7 Å². The molecule has 1 unspecified atom stereocenters. The topological polar surface area (TPSA) is 81.0 Å². The maximum atomic E-state index is 5.94. The molecule has 0 saturated carbocycles. The number of rotatable bonds is 4. The number of ether oxygens (including phenoxy) is 1. The van der Waals surface area contributed by atoms with Crippen LogP contribution in [0.3, 0.4) is 0 Å². The lowest BCUT2D eigenvalue weighted by Gasteiger charge is -2.30. The van der Waals surface area contributed by atoms with Crippen LogP contribution in [0.15, 0.2) is 18.7 Å². The molecule has 0 radical (unpaired) electrons. The van der Waals surface area contributed by atoms with Gasteiger partial charge in [-0.25, -0.2) is 4.98 Å². The molecule has 1 atom stereocenters. The fourth-order valence-corrected chi connectivity index (χ4v) is 2.26. The highest BCUT2D eigenvalue weighted by Gasteiger charge is 2.18. The van der Waals surface area contributed by atoms with Crippen molar-refractivity contribution in [3.05, 3.63) is 24.0 Å². The summed E-state index contributed by atoms with van der Waals surface area (Å²) in [5.41, 5.74) is 0. The molecule has 0 spiro atoms. The maximum Gasteiger partial charge on any atom is 0.241 e. The van der Waals surface area contributed by atoms with Crippen molar-refractivity contribution in [1.29, 1.82) is 0 Å². The van der Waals surface area contributed by atoms with E-state index in [1.165, 1.54) is 0 Å². The zero-order chi connectivity index (χ0) is 14.7. The number of anilines is 1. The average molecular weight is 310 g/mol. The quantitative estimate of drug-likeness (QED) is 0.878. The molecule has 2 aromatic rings. The summed E-state index contributed by atoms with van der Waals surface area (Å²) in [5.74, 6) is 0.854. The Balaban J connectivity index is 1.68. The van der Waals surface area contributed by atoms with Crippen LogP contribution in [-0.4, -0.2) is 68.8 Å². The second-order valence-electron chi connectivity index (χ2n) is 4.83. The zero-order valence-electron chi connectivity index (χ0n) is 11.6. The van der Waals surface area contributed by atoms with E-state index in [9.17, 15) is 0 Å². The van der Waals surface area contributed by atoms with Gasteiger partial charge in [-0.2, -0.15) is 15.0 Å². The Morgan fingerprint density at radius 3 is 3.10 bits per heavy atom. The third kappa shape index (κ3) is 3.66. The standard InChI is InChI=1S/C12H16ClN7O/c1-19-4-5-21-9(7-19)6-15-11-16-10(13)17-12(18-11)20-3-2-14-8-20/h2-3,8-9H,4-7H2,1H3,(H,15,16,17,18). The van der Waals surface area contributed by atoms with Crippen molar-refractivity contribution in [3.63, 3.8) is 0 Å². The number of hydrogen-bond acceptors (Lipinski definition) is 7. The van der Waals surface area contributed by atoms with Crippen LogP contribution < -0.4 is 5.32 Å². The van der Waals surface area contributed by atoms with Crippen molar-refractivity contribution in [2.75, 3.05) is 38.6 Å². The summed E-state index contributed by atoms with van der Waals surface area (Å²) in [5, 5.41) is 3.28. The summed E-state index contributed by atoms with van der Waals surface area (Å²) in [6, 6.07) is 0. The first-order chi connectivity index (χ1) is 10.2. The SMILES string of the molecule is CN1CCOC(CNc2nc(Cl)nc(-n3ccnc3)n2)C1. The predicted octanol–water partition coefficient (Wildman–Crippen LogP) is 0.453. The highest BCUT2D eigenvalue weighted by atomic mass is 35.5. The number of nitrogens with zero attached hydrogens (tertiary/aromatic N) is 6. The summed E-state index contributed by atoms with van der Waals surface area (Å²) in [4.78, 5) is 18.7. The van der Waals surface area contributed by atoms with Gasteiger partial charge in [0, 0.05) is 32.0 Å². The summed E-state index contributed by atoms with van der Waals surface area (Å²) in [7, 11) is 2.08. The Morgan fingerprint density at radius 1 is 1.43 bits per heavy atom. The Hall–Kier alpha value is -1.77. The molecule has 8 nitrogen and oxygen atoms in total. The van der Waals surface area contributed by atoms with Crippen molar-refractivity contribution in [2.24, 2.45) is 0 Å². The van der Waals surface area contributed by atoms with E-state index < -0.39 is 0 Å². The van der Waals surface area contributed by atoms with Crippen LogP contribution in [0.5, 0.6) is 0 Å². The molecular weight excluding hydrogens is 294 g/mol. The molecule has 1 aliphatic heterocycles.